The van der Waals surface area contributed by atoms with E-state index in [1.54, 1.807) is 11.8 Å². The van der Waals surface area contributed by atoms with E-state index in [0.717, 1.165) is 5.92 Å². The van der Waals surface area contributed by atoms with Crippen LogP contribution in [0.25, 0.3) is 0 Å². The van der Waals surface area contributed by atoms with Crippen LogP contribution in [-0.4, -0.2) is 6.26 Å². The van der Waals surface area contributed by atoms with Gasteiger partial charge in [-0.05, 0) is 36.3 Å². The van der Waals surface area contributed by atoms with Crippen LogP contribution in [-0.2, 0) is 0 Å². The van der Waals surface area contributed by atoms with Gasteiger partial charge in [0.2, 0.25) is 0 Å². The average Bonchev–Trinajstić information content (AvgIpc) is 3.02. The fourth-order valence-electron chi connectivity index (χ4n) is 1.70. The lowest BCUT2D eigenvalue weighted by molar-refractivity contribution is 0.597. The molecule has 0 aromatic heterocycles. The van der Waals surface area contributed by atoms with Gasteiger partial charge in [0.25, 0.3) is 0 Å². The summed E-state index contributed by atoms with van der Waals surface area (Å²) in [6, 6.07) is 8.90. The first kappa shape index (κ1) is 12.9. The van der Waals surface area contributed by atoms with Gasteiger partial charge in [0.1, 0.15) is 0 Å². The summed E-state index contributed by atoms with van der Waals surface area (Å²) in [5.74, 6) is 0.908. The lowest BCUT2D eigenvalue weighted by atomic mass is 10.0. The van der Waals surface area contributed by atoms with E-state index >= 15 is 0 Å². The Labute approximate surface area is 102 Å². The minimum absolute atomic E-state index is 0. The molecule has 0 saturated heterocycles. The molecule has 0 amide bonds. The molecule has 0 heterocycles. The summed E-state index contributed by atoms with van der Waals surface area (Å²) in [4.78, 5) is 1.31. The molecule has 2 rings (SSSR count). The van der Waals surface area contributed by atoms with Crippen molar-refractivity contribution in [2.45, 2.75) is 30.2 Å². The average molecular weight is 244 g/mol. The molecule has 0 radical (unpaired) electrons. The fourth-order valence-corrected chi connectivity index (χ4v) is 2.11. The fraction of sp³-hybridized carbons (Fsp3) is 0.500. The Bertz CT molecular complexity index is 295. The van der Waals surface area contributed by atoms with Gasteiger partial charge in [-0.25, -0.2) is 0 Å². The van der Waals surface area contributed by atoms with E-state index < -0.39 is 0 Å². The highest BCUT2D eigenvalue weighted by molar-refractivity contribution is 7.98. The number of hydrogen-bond donors (Lipinski definition) is 1. The number of nitrogens with two attached hydrogens (primary N) is 1. The molecule has 3 heteroatoms. The lowest BCUT2D eigenvalue weighted by Crippen LogP contribution is -2.10. The van der Waals surface area contributed by atoms with Crippen LogP contribution in [0.3, 0.4) is 0 Å². The van der Waals surface area contributed by atoms with Crippen molar-refractivity contribution in [3.05, 3.63) is 29.8 Å². The summed E-state index contributed by atoms with van der Waals surface area (Å²) in [5.41, 5.74) is 7.41. The molecule has 1 saturated carbocycles. The summed E-state index contributed by atoms with van der Waals surface area (Å²) in [6.45, 7) is 0. The van der Waals surface area contributed by atoms with Crippen LogP contribution in [0.15, 0.2) is 29.2 Å². The highest BCUT2D eigenvalue weighted by atomic mass is 35.5. The van der Waals surface area contributed by atoms with Gasteiger partial charge in [0.15, 0.2) is 0 Å². The van der Waals surface area contributed by atoms with Crippen molar-refractivity contribution in [3.8, 4) is 0 Å². The number of benzene rings is 1. The van der Waals surface area contributed by atoms with Crippen LogP contribution in [0, 0.1) is 5.92 Å². The third-order valence-electron chi connectivity index (χ3n) is 2.83. The Hall–Kier alpha value is -0.180. The predicted molar refractivity (Wildman–Crippen MR) is 69.7 cm³/mol. The predicted octanol–water partition coefficient (Wildman–Crippen LogP) is 3.63. The molecule has 1 aromatic rings. The third kappa shape index (κ3) is 3.71. The first-order valence-electron chi connectivity index (χ1n) is 5.19. The minimum atomic E-state index is 0. The van der Waals surface area contributed by atoms with Crippen molar-refractivity contribution in [3.63, 3.8) is 0 Å². The zero-order valence-corrected chi connectivity index (χ0v) is 10.6. The molecule has 84 valence electrons. The van der Waals surface area contributed by atoms with Crippen LogP contribution in [0.2, 0.25) is 0 Å². The Balaban J connectivity index is 0.00000112. The van der Waals surface area contributed by atoms with E-state index in [0.29, 0.717) is 0 Å². The van der Waals surface area contributed by atoms with Crippen LogP contribution >= 0.6 is 24.2 Å². The first-order chi connectivity index (χ1) is 6.79. The molecule has 1 nitrogen and oxygen atoms in total. The van der Waals surface area contributed by atoms with E-state index in [2.05, 4.69) is 30.5 Å². The number of halogens is 1. The zero-order valence-electron chi connectivity index (χ0n) is 8.98. The highest BCUT2D eigenvalue weighted by Crippen LogP contribution is 2.36. The van der Waals surface area contributed by atoms with E-state index in [1.807, 2.05) is 0 Å². The molecule has 1 aromatic carbocycles. The van der Waals surface area contributed by atoms with E-state index in [-0.39, 0.29) is 18.4 Å². The van der Waals surface area contributed by atoms with Crippen molar-refractivity contribution >= 4 is 24.2 Å². The second-order valence-corrected chi connectivity index (χ2v) is 4.94. The maximum absolute atomic E-state index is 6.12. The van der Waals surface area contributed by atoms with Gasteiger partial charge in [0, 0.05) is 10.9 Å². The summed E-state index contributed by atoms with van der Waals surface area (Å²) in [5, 5.41) is 0. The van der Waals surface area contributed by atoms with E-state index in [1.165, 1.54) is 29.7 Å². The summed E-state index contributed by atoms with van der Waals surface area (Å²) < 4.78 is 0. The number of hydrogen-bond acceptors (Lipinski definition) is 2. The summed E-state index contributed by atoms with van der Waals surface area (Å²) in [6.07, 6.45) is 6.03. The van der Waals surface area contributed by atoms with Crippen LogP contribution in [0.4, 0.5) is 0 Å². The quantitative estimate of drug-likeness (QED) is 0.818. The van der Waals surface area contributed by atoms with Gasteiger partial charge in [-0.15, -0.1) is 24.2 Å². The lowest BCUT2D eigenvalue weighted by Gasteiger charge is -2.11. The Morgan fingerprint density at radius 3 is 2.40 bits per heavy atom. The second kappa shape index (κ2) is 5.78. The molecule has 0 unspecified atom stereocenters. The van der Waals surface area contributed by atoms with Crippen LogP contribution in [0.1, 0.15) is 30.9 Å². The van der Waals surface area contributed by atoms with Gasteiger partial charge in [-0.2, -0.15) is 0 Å². The normalized spacial score (nSPS) is 16.9. The number of thioether (sulfide) groups is 1. The summed E-state index contributed by atoms with van der Waals surface area (Å²) in [7, 11) is 0. The standard InChI is InChI=1S/C12H17NS.ClH/c1-14-11-6-4-10(5-7-11)12(13)8-9-2-3-9;/h4-7,9,12H,2-3,8,13H2,1H3;1H/t12-;/m0./s1. The monoisotopic (exact) mass is 243 g/mol. The molecule has 1 aliphatic rings. The van der Waals surface area contributed by atoms with Gasteiger partial charge >= 0.3 is 0 Å². The molecule has 1 atom stereocenters. The Morgan fingerprint density at radius 1 is 1.33 bits per heavy atom. The van der Waals surface area contributed by atoms with Crippen LogP contribution < -0.4 is 5.73 Å². The molecule has 1 aliphatic carbocycles. The maximum Gasteiger partial charge on any atom is 0.0297 e. The van der Waals surface area contributed by atoms with E-state index in [9.17, 15) is 0 Å². The highest BCUT2D eigenvalue weighted by Gasteiger charge is 2.24. The molecular weight excluding hydrogens is 226 g/mol. The zero-order chi connectivity index (χ0) is 9.97. The van der Waals surface area contributed by atoms with Crippen molar-refractivity contribution in [2.75, 3.05) is 6.26 Å². The Morgan fingerprint density at radius 2 is 1.93 bits per heavy atom. The van der Waals surface area contributed by atoms with Gasteiger partial charge in [-0.3, -0.25) is 0 Å². The molecular formula is C12H18ClNS. The number of rotatable bonds is 4. The summed E-state index contributed by atoms with van der Waals surface area (Å²) >= 11 is 1.77. The van der Waals surface area contributed by atoms with Crippen molar-refractivity contribution in [1.29, 1.82) is 0 Å². The largest absolute Gasteiger partial charge is 0.324 e. The van der Waals surface area contributed by atoms with Crippen LogP contribution in [0.5, 0.6) is 0 Å². The van der Waals surface area contributed by atoms with Gasteiger partial charge < -0.3 is 5.73 Å². The minimum Gasteiger partial charge on any atom is -0.324 e. The molecule has 0 aliphatic heterocycles. The van der Waals surface area contributed by atoms with E-state index in [4.69, 9.17) is 5.73 Å². The molecule has 2 N–H and O–H groups in total. The Kier molecular flexibility index (Phi) is 4.97. The van der Waals surface area contributed by atoms with Crippen molar-refractivity contribution in [2.24, 2.45) is 11.7 Å². The maximum atomic E-state index is 6.12. The first-order valence-corrected chi connectivity index (χ1v) is 6.41. The van der Waals surface area contributed by atoms with Crippen molar-refractivity contribution < 1.29 is 0 Å². The smallest absolute Gasteiger partial charge is 0.0297 e. The second-order valence-electron chi connectivity index (χ2n) is 4.06. The van der Waals surface area contributed by atoms with Gasteiger partial charge in [-0.1, -0.05) is 25.0 Å². The molecule has 0 bridgehead atoms. The topological polar surface area (TPSA) is 26.0 Å². The van der Waals surface area contributed by atoms with Crippen molar-refractivity contribution in [1.82, 2.24) is 0 Å². The van der Waals surface area contributed by atoms with Gasteiger partial charge in [0.05, 0.1) is 0 Å². The molecule has 1 fully saturated rings. The molecule has 0 spiro atoms. The molecule has 15 heavy (non-hydrogen) atoms. The SMILES string of the molecule is CSc1ccc([C@@H](N)CC2CC2)cc1.Cl. The third-order valence-corrected chi connectivity index (χ3v) is 3.57.